The van der Waals surface area contributed by atoms with Crippen molar-refractivity contribution in [2.24, 2.45) is 0 Å². The van der Waals surface area contributed by atoms with Gasteiger partial charge in [-0.15, -0.1) is 0 Å². The van der Waals surface area contributed by atoms with Gasteiger partial charge in [-0.2, -0.15) is 0 Å². The molecule has 1 aromatic rings. The number of methoxy groups -OCH3 is 1. The van der Waals surface area contributed by atoms with E-state index in [1.807, 2.05) is 6.92 Å². The van der Waals surface area contributed by atoms with E-state index in [0.717, 1.165) is 13.2 Å². The third kappa shape index (κ3) is 3.43. The maximum Gasteiger partial charge on any atom is 0.340 e. The van der Waals surface area contributed by atoms with Gasteiger partial charge in [0.15, 0.2) is 5.75 Å². The van der Waals surface area contributed by atoms with Crippen molar-refractivity contribution in [2.75, 3.05) is 7.11 Å². The number of ether oxygens (including phenoxy) is 2. The molecule has 7 heteroatoms. The molecule has 110 valence electrons. The number of carbonyl (C=O) groups is 1. The first-order chi connectivity index (χ1) is 9.21. The van der Waals surface area contributed by atoms with Gasteiger partial charge in [-0.1, -0.05) is 6.92 Å². The number of hydrogen-bond acceptors (Lipinski definition) is 5. The van der Waals surface area contributed by atoms with E-state index >= 15 is 0 Å². The second kappa shape index (κ2) is 5.85. The molecule has 1 aromatic carbocycles. The van der Waals surface area contributed by atoms with Gasteiger partial charge in [0.1, 0.15) is 11.4 Å². The van der Waals surface area contributed by atoms with Crippen LogP contribution in [0.2, 0.25) is 0 Å². The van der Waals surface area contributed by atoms with Gasteiger partial charge in [0, 0.05) is 6.07 Å². The number of hydrogen-bond donors (Lipinski definition) is 0. The average molecular weight is 285 g/mol. The molecule has 0 aromatic heterocycles. The lowest BCUT2D eigenvalue weighted by molar-refractivity contribution is -0.386. The molecule has 6 nitrogen and oxygen atoms in total. The standard InChI is InChI=1S/C13H16FNO5/c1-5-13(2,3)20-11-6-8(12(16)19-4)9(14)7-10(11)15(17)18/h6-7H,5H2,1-4H3. The van der Waals surface area contributed by atoms with Crippen molar-refractivity contribution < 1.29 is 23.6 Å². The number of nitro groups is 1. The molecule has 0 fully saturated rings. The number of benzene rings is 1. The second-order valence-corrected chi connectivity index (χ2v) is 4.76. The Morgan fingerprint density at radius 2 is 2.05 bits per heavy atom. The summed E-state index contributed by atoms with van der Waals surface area (Å²) >= 11 is 0. The highest BCUT2D eigenvalue weighted by molar-refractivity contribution is 5.90. The Kier molecular flexibility index (Phi) is 4.65. The van der Waals surface area contributed by atoms with E-state index in [1.165, 1.54) is 0 Å². The molecule has 0 aliphatic carbocycles. The van der Waals surface area contributed by atoms with Crippen LogP contribution >= 0.6 is 0 Å². The van der Waals surface area contributed by atoms with Crippen LogP contribution in [-0.2, 0) is 4.74 Å². The number of esters is 1. The summed E-state index contributed by atoms with van der Waals surface area (Å²) in [6.07, 6.45) is 0.578. The maximum absolute atomic E-state index is 13.7. The molecule has 0 radical (unpaired) electrons. The zero-order valence-corrected chi connectivity index (χ0v) is 11.7. The van der Waals surface area contributed by atoms with Crippen LogP contribution in [0.15, 0.2) is 12.1 Å². The molecule has 0 N–H and O–H groups in total. The Hall–Kier alpha value is -2.18. The molecule has 0 aliphatic rings. The molecule has 1 rings (SSSR count). The third-order valence-electron chi connectivity index (χ3n) is 2.89. The summed E-state index contributed by atoms with van der Waals surface area (Å²) < 4.78 is 23.6. The van der Waals surface area contributed by atoms with E-state index in [2.05, 4.69) is 4.74 Å². The molecule has 0 unspecified atom stereocenters. The number of halogens is 1. The van der Waals surface area contributed by atoms with E-state index in [4.69, 9.17) is 4.74 Å². The van der Waals surface area contributed by atoms with E-state index in [-0.39, 0.29) is 5.75 Å². The Bertz CT molecular complexity index is 542. The van der Waals surface area contributed by atoms with E-state index in [1.54, 1.807) is 13.8 Å². The summed E-state index contributed by atoms with van der Waals surface area (Å²) in [4.78, 5) is 21.6. The lowest BCUT2D eigenvalue weighted by atomic mass is 10.1. The summed E-state index contributed by atoms with van der Waals surface area (Å²) in [7, 11) is 1.10. The smallest absolute Gasteiger partial charge is 0.340 e. The molecule has 0 aliphatic heterocycles. The first-order valence-corrected chi connectivity index (χ1v) is 5.97. The molecule has 0 spiro atoms. The van der Waals surface area contributed by atoms with Crippen molar-refractivity contribution in [3.63, 3.8) is 0 Å². The quantitative estimate of drug-likeness (QED) is 0.472. The molecular weight excluding hydrogens is 269 g/mol. The van der Waals surface area contributed by atoms with Crippen molar-refractivity contribution >= 4 is 11.7 Å². The van der Waals surface area contributed by atoms with Crippen LogP contribution in [0.3, 0.4) is 0 Å². The van der Waals surface area contributed by atoms with Crippen molar-refractivity contribution in [1.82, 2.24) is 0 Å². The first kappa shape index (κ1) is 15.9. The van der Waals surface area contributed by atoms with Crippen LogP contribution in [0.5, 0.6) is 5.75 Å². The topological polar surface area (TPSA) is 78.7 Å². The Balaban J connectivity index is 3.38. The number of nitrogens with zero attached hydrogens (tertiary/aromatic N) is 1. The highest BCUT2D eigenvalue weighted by atomic mass is 19.1. The van der Waals surface area contributed by atoms with Crippen molar-refractivity contribution in [2.45, 2.75) is 32.8 Å². The Labute approximate surface area is 115 Å². The summed E-state index contributed by atoms with van der Waals surface area (Å²) in [5.41, 5.74) is -1.62. The monoisotopic (exact) mass is 285 g/mol. The minimum atomic E-state index is -1.02. The van der Waals surface area contributed by atoms with Gasteiger partial charge in [-0.3, -0.25) is 10.1 Å². The fourth-order valence-electron chi connectivity index (χ4n) is 1.40. The summed E-state index contributed by atoms with van der Waals surface area (Å²) in [5.74, 6) is -2.11. The highest BCUT2D eigenvalue weighted by Crippen LogP contribution is 2.33. The minimum Gasteiger partial charge on any atom is -0.481 e. The lowest BCUT2D eigenvalue weighted by Gasteiger charge is -2.24. The van der Waals surface area contributed by atoms with Crippen molar-refractivity contribution in [1.29, 1.82) is 0 Å². The van der Waals surface area contributed by atoms with Crippen LogP contribution in [0, 0.1) is 15.9 Å². The fourth-order valence-corrected chi connectivity index (χ4v) is 1.40. The van der Waals surface area contributed by atoms with Gasteiger partial charge < -0.3 is 9.47 Å². The van der Waals surface area contributed by atoms with Gasteiger partial charge in [-0.05, 0) is 20.3 Å². The van der Waals surface area contributed by atoms with Crippen LogP contribution in [0.1, 0.15) is 37.6 Å². The van der Waals surface area contributed by atoms with Crippen molar-refractivity contribution in [3.05, 3.63) is 33.6 Å². The van der Waals surface area contributed by atoms with E-state index < -0.39 is 33.6 Å². The normalized spacial score (nSPS) is 11.1. The van der Waals surface area contributed by atoms with Gasteiger partial charge in [-0.25, -0.2) is 9.18 Å². The van der Waals surface area contributed by atoms with Gasteiger partial charge >= 0.3 is 11.7 Å². The van der Waals surface area contributed by atoms with E-state index in [9.17, 15) is 19.3 Å². The number of nitro benzene ring substituents is 1. The second-order valence-electron chi connectivity index (χ2n) is 4.76. The molecule has 0 atom stereocenters. The zero-order valence-electron chi connectivity index (χ0n) is 11.7. The predicted molar refractivity (Wildman–Crippen MR) is 69.4 cm³/mol. The molecule has 0 bridgehead atoms. The molecule has 0 saturated heterocycles. The summed E-state index contributed by atoms with van der Waals surface area (Å²) in [6.45, 7) is 5.31. The SMILES string of the molecule is CCC(C)(C)Oc1cc(C(=O)OC)c(F)cc1[N+](=O)[O-]. The molecule has 0 heterocycles. The fraction of sp³-hybridized carbons (Fsp3) is 0.462. The maximum atomic E-state index is 13.7. The minimum absolute atomic E-state index is 0.163. The van der Waals surface area contributed by atoms with Crippen LogP contribution < -0.4 is 4.74 Å². The molecule has 0 amide bonds. The first-order valence-electron chi connectivity index (χ1n) is 5.97. The predicted octanol–water partition coefficient (Wildman–Crippen LogP) is 3.09. The molecule has 0 saturated carbocycles. The Morgan fingerprint density at radius 1 is 1.45 bits per heavy atom. The van der Waals surface area contributed by atoms with Gasteiger partial charge in [0.05, 0.1) is 23.7 Å². The van der Waals surface area contributed by atoms with E-state index in [0.29, 0.717) is 12.5 Å². The third-order valence-corrected chi connectivity index (χ3v) is 2.89. The van der Waals surface area contributed by atoms with Gasteiger partial charge in [0.25, 0.3) is 0 Å². The number of carbonyl (C=O) groups excluding carboxylic acids is 1. The van der Waals surface area contributed by atoms with Crippen molar-refractivity contribution in [3.8, 4) is 5.75 Å². The largest absolute Gasteiger partial charge is 0.481 e. The molecular formula is C13H16FNO5. The Morgan fingerprint density at radius 3 is 2.50 bits per heavy atom. The molecule has 20 heavy (non-hydrogen) atoms. The summed E-state index contributed by atoms with van der Waals surface area (Å²) in [5, 5.41) is 10.9. The lowest BCUT2D eigenvalue weighted by Crippen LogP contribution is -2.27. The van der Waals surface area contributed by atoms with Crippen LogP contribution in [-0.4, -0.2) is 23.6 Å². The summed E-state index contributed by atoms with van der Waals surface area (Å²) in [6, 6.07) is 1.66. The van der Waals surface area contributed by atoms with Gasteiger partial charge in [0.2, 0.25) is 0 Å². The van der Waals surface area contributed by atoms with Crippen LogP contribution in [0.25, 0.3) is 0 Å². The number of rotatable bonds is 5. The zero-order chi connectivity index (χ0) is 15.5. The van der Waals surface area contributed by atoms with Crippen LogP contribution in [0.4, 0.5) is 10.1 Å². The highest BCUT2D eigenvalue weighted by Gasteiger charge is 2.27. The average Bonchev–Trinajstić information content (AvgIpc) is 2.39.